The molecule has 224 valence electrons. The second kappa shape index (κ2) is 12.0. The molecule has 1 fully saturated rings. The SMILES string of the molecule is O=C(C=Cc1ccc(O)cc1)OC[C@@H]1O[C@@H](Oc2ccc3c(=O)cc(-c4ccc(O)c(O)c4)oc3c2O)[C@@H](O)[C@@H](O)[C@H]1O. The van der Waals surface area contributed by atoms with E-state index in [1.807, 2.05) is 0 Å². The Morgan fingerprint density at radius 2 is 1.60 bits per heavy atom. The number of hydrogen-bond acceptors (Lipinski definition) is 13. The fourth-order valence-electron chi connectivity index (χ4n) is 4.34. The van der Waals surface area contributed by atoms with Gasteiger partial charge >= 0.3 is 5.97 Å². The Morgan fingerprint density at radius 1 is 0.860 bits per heavy atom. The van der Waals surface area contributed by atoms with E-state index in [0.29, 0.717) is 5.56 Å². The first-order chi connectivity index (χ1) is 20.5. The lowest BCUT2D eigenvalue weighted by Gasteiger charge is -2.39. The topological polar surface area (TPSA) is 217 Å². The van der Waals surface area contributed by atoms with Crippen LogP contribution < -0.4 is 10.2 Å². The van der Waals surface area contributed by atoms with Crippen LogP contribution in [0.3, 0.4) is 0 Å². The van der Waals surface area contributed by atoms with Crippen molar-refractivity contribution >= 4 is 23.0 Å². The van der Waals surface area contributed by atoms with Gasteiger partial charge < -0.3 is 54.4 Å². The maximum atomic E-state index is 12.7. The summed E-state index contributed by atoms with van der Waals surface area (Å²) in [6, 6.07) is 13.4. The van der Waals surface area contributed by atoms with Gasteiger partial charge in [-0.05, 0) is 54.1 Å². The third-order valence-corrected chi connectivity index (χ3v) is 6.70. The van der Waals surface area contributed by atoms with Crippen LogP contribution in [0.2, 0.25) is 0 Å². The molecule has 1 aliphatic heterocycles. The van der Waals surface area contributed by atoms with Crippen LogP contribution in [0.4, 0.5) is 0 Å². The predicted octanol–water partition coefficient (Wildman–Crippen LogP) is 1.73. The lowest BCUT2D eigenvalue weighted by atomic mass is 9.99. The highest BCUT2D eigenvalue weighted by atomic mass is 16.7. The number of phenolic OH excluding ortho intramolecular Hbond substituents is 4. The molecule has 5 atom stereocenters. The van der Waals surface area contributed by atoms with Gasteiger partial charge in [0.25, 0.3) is 0 Å². The lowest BCUT2D eigenvalue weighted by molar-refractivity contribution is -0.278. The van der Waals surface area contributed by atoms with Crippen molar-refractivity contribution in [1.29, 1.82) is 0 Å². The molecule has 1 saturated heterocycles. The summed E-state index contributed by atoms with van der Waals surface area (Å²) in [6.07, 6.45) is -5.73. The van der Waals surface area contributed by atoms with Crippen molar-refractivity contribution in [2.45, 2.75) is 30.7 Å². The molecular weight excluding hydrogens is 568 g/mol. The van der Waals surface area contributed by atoms with Gasteiger partial charge in [-0.1, -0.05) is 12.1 Å². The number of phenols is 4. The van der Waals surface area contributed by atoms with Crippen LogP contribution >= 0.6 is 0 Å². The number of aromatic hydroxyl groups is 4. The summed E-state index contributed by atoms with van der Waals surface area (Å²) in [7, 11) is 0. The average Bonchev–Trinajstić information content (AvgIpc) is 2.99. The standard InChI is InChI=1S/C30H26O13/c31-16-5-1-14(2-6-16)3-10-24(35)40-13-23-25(36)27(38)28(39)30(43-23)42-21-9-7-17-19(33)12-22(41-29(17)26(21)37)15-4-8-18(32)20(34)11-15/h1-12,23,25,27-28,30-32,34,36-39H,13H2/t23-,25-,27-,28-,30+/m0/s1. The molecule has 0 aliphatic carbocycles. The van der Waals surface area contributed by atoms with Crippen LogP contribution in [0.5, 0.6) is 28.7 Å². The van der Waals surface area contributed by atoms with Crippen molar-refractivity contribution in [3.05, 3.63) is 82.5 Å². The summed E-state index contributed by atoms with van der Waals surface area (Å²) >= 11 is 0. The molecular formula is C30H26O13. The summed E-state index contributed by atoms with van der Waals surface area (Å²) in [6.45, 7) is -0.537. The van der Waals surface area contributed by atoms with E-state index in [2.05, 4.69) is 0 Å². The van der Waals surface area contributed by atoms with Crippen molar-refractivity contribution in [1.82, 2.24) is 0 Å². The number of ether oxygens (including phenoxy) is 3. The van der Waals surface area contributed by atoms with Crippen LogP contribution in [0, 0.1) is 0 Å². The van der Waals surface area contributed by atoms with Crippen molar-refractivity contribution in [2.24, 2.45) is 0 Å². The number of carbonyl (C=O) groups is 1. The molecule has 1 aliphatic rings. The van der Waals surface area contributed by atoms with Crippen molar-refractivity contribution < 1.29 is 59.2 Å². The Bertz CT molecular complexity index is 1730. The summed E-state index contributed by atoms with van der Waals surface area (Å²) in [5.41, 5.74) is -0.0163. The van der Waals surface area contributed by atoms with E-state index in [9.17, 15) is 45.3 Å². The molecule has 2 heterocycles. The van der Waals surface area contributed by atoms with E-state index in [-0.39, 0.29) is 39.5 Å². The minimum atomic E-state index is -1.80. The molecule has 13 heteroatoms. The van der Waals surface area contributed by atoms with E-state index >= 15 is 0 Å². The number of rotatable bonds is 7. The fourth-order valence-corrected chi connectivity index (χ4v) is 4.34. The molecule has 4 aromatic rings. The summed E-state index contributed by atoms with van der Waals surface area (Å²) in [4.78, 5) is 24.9. The van der Waals surface area contributed by atoms with Gasteiger partial charge in [-0.3, -0.25) is 4.79 Å². The van der Waals surface area contributed by atoms with E-state index in [1.165, 1.54) is 42.5 Å². The Morgan fingerprint density at radius 3 is 2.33 bits per heavy atom. The normalized spacial score (nSPS) is 22.1. The summed E-state index contributed by atoms with van der Waals surface area (Å²) in [5.74, 6) is -2.61. The molecule has 0 amide bonds. The van der Waals surface area contributed by atoms with Gasteiger partial charge in [0, 0.05) is 17.7 Å². The zero-order valence-corrected chi connectivity index (χ0v) is 22.1. The maximum absolute atomic E-state index is 12.7. The molecule has 0 saturated carbocycles. The van der Waals surface area contributed by atoms with Gasteiger partial charge in [0.15, 0.2) is 28.3 Å². The highest BCUT2D eigenvalue weighted by Gasteiger charge is 2.45. The molecule has 3 aromatic carbocycles. The van der Waals surface area contributed by atoms with E-state index in [4.69, 9.17) is 18.6 Å². The molecule has 43 heavy (non-hydrogen) atoms. The van der Waals surface area contributed by atoms with Gasteiger partial charge in [-0.25, -0.2) is 4.79 Å². The first-order valence-corrected chi connectivity index (χ1v) is 12.8. The fraction of sp³-hybridized carbons (Fsp3) is 0.200. The van der Waals surface area contributed by atoms with Crippen LogP contribution in [0.25, 0.3) is 28.4 Å². The monoisotopic (exact) mass is 594 g/mol. The summed E-state index contributed by atoms with van der Waals surface area (Å²) in [5, 5.41) is 70.9. The number of fused-ring (bicyclic) bond motifs is 1. The Kier molecular flexibility index (Phi) is 8.23. The van der Waals surface area contributed by atoms with E-state index in [0.717, 1.165) is 18.2 Å². The Balaban J connectivity index is 1.33. The van der Waals surface area contributed by atoms with Crippen LogP contribution in [-0.2, 0) is 14.3 Å². The lowest BCUT2D eigenvalue weighted by Crippen LogP contribution is -2.60. The van der Waals surface area contributed by atoms with Gasteiger partial charge in [-0.15, -0.1) is 0 Å². The number of aliphatic hydroxyl groups is 3. The van der Waals surface area contributed by atoms with Crippen molar-refractivity contribution in [2.75, 3.05) is 6.61 Å². The van der Waals surface area contributed by atoms with Crippen molar-refractivity contribution in [3.63, 3.8) is 0 Å². The minimum Gasteiger partial charge on any atom is -0.508 e. The van der Waals surface area contributed by atoms with Crippen LogP contribution in [0.1, 0.15) is 5.56 Å². The number of esters is 1. The molecule has 1 aromatic heterocycles. The number of aliphatic hydroxyl groups excluding tert-OH is 3. The smallest absolute Gasteiger partial charge is 0.330 e. The second-order valence-electron chi connectivity index (χ2n) is 9.65. The molecule has 0 unspecified atom stereocenters. The maximum Gasteiger partial charge on any atom is 0.330 e. The first kappa shape index (κ1) is 29.4. The summed E-state index contributed by atoms with van der Waals surface area (Å²) < 4.78 is 22.0. The Labute approximate surface area is 242 Å². The van der Waals surface area contributed by atoms with Gasteiger partial charge in [0.05, 0.1) is 5.39 Å². The third-order valence-electron chi connectivity index (χ3n) is 6.70. The molecule has 7 N–H and O–H groups in total. The van der Waals surface area contributed by atoms with E-state index < -0.39 is 60.2 Å². The van der Waals surface area contributed by atoms with Gasteiger partial charge in [0.2, 0.25) is 12.0 Å². The molecule has 5 rings (SSSR count). The molecule has 0 radical (unpaired) electrons. The number of benzene rings is 3. The molecule has 0 spiro atoms. The van der Waals surface area contributed by atoms with Crippen molar-refractivity contribution in [3.8, 4) is 40.1 Å². The van der Waals surface area contributed by atoms with E-state index in [1.54, 1.807) is 12.1 Å². The van der Waals surface area contributed by atoms with Crippen LogP contribution in [0.15, 0.2) is 76.0 Å². The largest absolute Gasteiger partial charge is 0.508 e. The third kappa shape index (κ3) is 6.24. The average molecular weight is 595 g/mol. The van der Waals surface area contributed by atoms with Gasteiger partial charge in [0.1, 0.15) is 42.5 Å². The highest BCUT2D eigenvalue weighted by Crippen LogP contribution is 2.38. The number of carbonyl (C=O) groups excluding carboxylic acids is 1. The van der Waals surface area contributed by atoms with Gasteiger partial charge in [-0.2, -0.15) is 0 Å². The zero-order valence-electron chi connectivity index (χ0n) is 22.1. The second-order valence-corrected chi connectivity index (χ2v) is 9.65. The Hall–Kier alpha value is -5.08. The van der Waals surface area contributed by atoms with Crippen LogP contribution in [-0.4, -0.2) is 79.0 Å². The predicted molar refractivity (Wildman–Crippen MR) is 148 cm³/mol. The quantitative estimate of drug-likeness (QED) is 0.0923. The number of hydrogen-bond donors (Lipinski definition) is 7. The molecule has 0 bridgehead atoms. The first-order valence-electron chi connectivity index (χ1n) is 12.8. The molecule has 13 nitrogen and oxygen atoms in total. The minimum absolute atomic E-state index is 0.0256. The zero-order chi connectivity index (χ0) is 30.8. The highest BCUT2D eigenvalue weighted by molar-refractivity contribution is 5.87.